The molecule has 6 heteroatoms. The highest BCUT2D eigenvalue weighted by Crippen LogP contribution is 2.01. The largest absolute Gasteiger partial charge is 0.305 e. The maximum atomic E-state index is 11.8. The van der Waals surface area contributed by atoms with Crippen LogP contribution in [0.15, 0.2) is 0 Å². The molecule has 2 atom stereocenters. The van der Waals surface area contributed by atoms with Crippen molar-refractivity contribution in [1.82, 2.24) is 0 Å². The van der Waals surface area contributed by atoms with E-state index >= 15 is 0 Å². The maximum absolute atomic E-state index is 11.8. The predicted octanol–water partition coefficient (Wildman–Crippen LogP) is 1.31. The molecule has 0 N–H and O–H groups in total. The summed E-state index contributed by atoms with van der Waals surface area (Å²) in [5.74, 6) is 0. The zero-order valence-electron chi connectivity index (χ0n) is 6.96. The van der Waals surface area contributed by atoms with Crippen molar-refractivity contribution >= 4 is 11.4 Å². The van der Waals surface area contributed by atoms with E-state index in [9.17, 15) is 13.0 Å². The van der Waals surface area contributed by atoms with E-state index < -0.39 is 36.9 Å². The van der Waals surface area contributed by atoms with Crippen LogP contribution in [0.1, 0.15) is 13.8 Å². The maximum Gasteiger partial charge on any atom is 0.305 e. The van der Waals surface area contributed by atoms with Crippen molar-refractivity contribution in [3.8, 4) is 0 Å². The average Bonchev–Trinajstić information content (AvgIpc) is 2.03. The monoisotopic (exact) mass is 202 g/mol. The van der Waals surface area contributed by atoms with Gasteiger partial charge >= 0.3 is 11.4 Å². The molecule has 0 saturated heterocycles. The van der Waals surface area contributed by atoms with E-state index in [2.05, 4.69) is 8.37 Å². The molecule has 0 aromatic carbocycles. The highest BCUT2D eigenvalue weighted by Gasteiger charge is 2.12. The fraction of sp³-hybridized carbons (Fsp3) is 1.00. The summed E-state index contributed by atoms with van der Waals surface area (Å²) in [5, 5.41) is 0. The summed E-state index contributed by atoms with van der Waals surface area (Å²) < 4.78 is 43.2. The summed E-state index contributed by atoms with van der Waals surface area (Å²) in [6, 6.07) is 0. The first-order valence-corrected chi connectivity index (χ1v) is 4.48. The lowest BCUT2D eigenvalue weighted by atomic mass is 10.5. The van der Waals surface area contributed by atoms with Gasteiger partial charge in [-0.2, -0.15) is 4.21 Å². The lowest BCUT2D eigenvalue weighted by molar-refractivity contribution is 0.132. The van der Waals surface area contributed by atoms with Crippen LogP contribution in [0, 0.1) is 0 Å². The molecule has 0 aliphatic heterocycles. The third-order valence-corrected chi connectivity index (χ3v) is 1.89. The Balaban J connectivity index is 3.59. The first-order chi connectivity index (χ1) is 5.60. The Morgan fingerprint density at radius 3 is 1.75 bits per heavy atom. The van der Waals surface area contributed by atoms with Crippen LogP contribution in [0.4, 0.5) is 8.78 Å². The smallest absolute Gasteiger partial charge is 0.263 e. The quantitative estimate of drug-likeness (QED) is 0.651. The number of alkyl halides is 2. The molecule has 0 bridgehead atoms. The van der Waals surface area contributed by atoms with Crippen LogP contribution in [0.3, 0.4) is 0 Å². The minimum Gasteiger partial charge on any atom is -0.263 e. The molecule has 0 radical (unpaired) electrons. The lowest BCUT2D eigenvalue weighted by Crippen LogP contribution is -2.19. The van der Waals surface area contributed by atoms with Gasteiger partial charge < -0.3 is 0 Å². The molecule has 0 amide bonds. The first-order valence-electron chi connectivity index (χ1n) is 3.48. The molecule has 0 spiro atoms. The van der Waals surface area contributed by atoms with E-state index in [0.29, 0.717) is 0 Å². The molecule has 0 rings (SSSR count). The minimum absolute atomic E-state index is 0.751. The van der Waals surface area contributed by atoms with Crippen LogP contribution < -0.4 is 0 Å². The van der Waals surface area contributed by atoms with Gasteiger partial charge in [0.05, 0.1) is 0 Å². The number of hydrogen-bond acceptors (Lipinski definition) is 3. The molecular formula is C6H12F2O3S. The molecule has 0 aliphatic carbocycles. The van der Waals surface area contributed by atoms with Crippen LogP contribution >= 0.6 is 0 Å². The van der Waals surface area contributed by atoms with Crippen LogP contribution in [-0.4, -0.2) is 29.8 Å². The van der Waals surface area contributed by atoms with E-state index in [0.717, 1.165) is 0 Å². The Labute approximate surface area is 72.9 Å². The molecule has 0 heterocycles. The molecule has 74 valence electrons. The fourth-order valence-corrected chi connectivity index (χ4v) is 1.03. The molecule has 0 aliphatic rings. The predicted molar refractivity (Wildman–Crippen MR) is 41.2 cm³/mol. The van der Waals surface area contributed by atoms with Gasteiger partial charge in [0.1, 0.15) is 25.6 Å². The Bertz CT molecular complexity index is 131. The van der Waals surface area contributed by atoms with E-state index in [4.69, 9.17) is 0 Å². The van der Waals surface area contributed by atoms with Crippen molar-refractivity contribution in [2.45, 2.75) is 26.1 Å². The molecule has 0 fully saturated rings. The normalized spacial score (nSPS) is 18.7. The highest BCUT2D eigenvalue weighted by atomic mass is 32.2. The number of rotatable bonds is 6. The molecular weight excluding hydrogens is 190 g/mol. The van der Waals surface area contributed by atoms with Gasteiger partial charge in [0, 0.05) is 0 Å². The molecule has 3 nitrogen and oxygen atoms in total. The Kier molecular flexibility index (Phi) is 6.41. The van der Waals surface area contributed by atoms with Crippen molar-refractivity contribution in [2.24, 2.45) is 0 Å². The second kappa shape index (κ2) is 6.45. The van der Waals surface area contributed by atoms with Gasteiger partial charge in [0.25, 0.3) is 0 Å². The first kappa shape index (κ1) is 11.9. The second-order valence-corrected chi connectivity index (χ2v) is 3.12. The van der Waals surface area contributed by atoms with Gasteiger partial charge in [-0.25, -0.2) is 8.78 Å². The summed E-state index contributed by atoms with van der Waals surface area (Å²) in [6.45, 7) is 1.31. The van der Waals surface area contributed by atoms with Gasteiger partial charge in [0.2, 0.25) is 0 Å². The number of hydrogen-bond donors (Lipinski definition) is 0. The van der Waals surface area contributed by atoms with E-state index in [1.807, 2.05) is 0 Å². The topological polar surface area (TPSA) is 35.5 Å². The molecule has 0 saturated carbocycles. The van der Waals surface area contributed by atoms with Crippen molar-refractivity contribution in [2.75, 3.05) is 13.3 Å². The second-order valence-electron chi connectivity index (χ2n) is 2.33. The third kappa shape index (κ3) is 5.56. The molecule has 12 heavy (non-hydrogen) atoms. The van der Waals surface area contributed by atoms with Crippen LogP contribution in [-0.2, 0) is 19.7 Å². The van der Waals surface area contributed by atoms with Gasteiger partial charge in [-0.3, -0.25) is 8.37 Å². The van der Waals surface area contributed by atoms with Crippen molar-refractivity contribution in [1.29, 1.82) is 0 Å². The summed E-state index contributed by atoms with van der Waals surface area (Å²) in [6.07, 6.45) is -1.59. The molecule has 0 aromatic rings. The van der Waals surface area contributed by atoms with Crippen LogP contribution in [0.5, 0.6) is 0 Å². The van der Waals surface area contributed by atoms with E-state index in [-0.39, 0.29) is 0 Å². The summed E-state index contributed by atoms with van der Waals surface area (Å²) in [4.78, 5) is 0. The van der Waals surface area contributed by atoms with Gasteiger partial charge in [0.15, 0.2) is 0 Å². The van der Waals surface area contributed by atoms with Gasteiger partial charge in [-0.1, -0.05) is 0 Å². The minimum atomic E-state index is -2.06. The van der Waals surface area contributed by atoms with Crippen LogP contribution in [0.2, 0.25) is 0 Å². The summed E-state index contributed by atoms with van der Waals surface area (Å²) in [7, 11) is 0. The van der Waals surface area contributed by atoms with Crippen molar-refractivity contribution in [3.63, 3.8) is 0 Å². The van der Waals surface area contributed by atoms with Crippen molar-refractivity contribution in [3.05, 3.63) is 0 Å². The third-order valence-electron chi connectivity index (χ3n) is 0.920. The summed E-state index contributed by atoms with van der Waals surface area (Å²) >= 11 is -2.06. The van der Waals surface area contributed by atoms with Crippen molar-refractivity contribution < 1.29 is 21.4 Å². The molecule has 0 aromatic heterocycles. The summed E-state index contributed by atoms with van der Waals surface area (Å²) in [5.41, 5.74) is 0. The average molecular weight is 202 g/mol. The van der Waals surface area contributed by atoms with Crippen LogP contribution in [0.25, 0.3) is 0 Å². The zero-order chi connectivity index (χ0) is 9.56. The molecule has 2 unspecified atom stereocenters. The van der Waals surface area contributed by atoms with Gasteiger partial charge in [-0.15, -0.1) is 0 Å². The standard InChI is InChI=1S/C6H12F2O3S/c1-5(3-7)10-12(9)11-6(2)4-8/h5-6H,3-4H2,1-2H3. The Hall–Kier alpha value is -0.0700. The Morgan fingerprint density at radius 1 is 1.17 bits per heavy atom. The lowest BCUT2D eigenvalue weighted by Gasteiger charge is -2.09. The van der Waals surface area contributed by atoms with E-state index in [1.54, 1.807) is 0 Å². The number of halogens is 2. The SMILES string of the molecule is CC(CF)OS(=O)OC(C)CF. The highest BCUT2D eigenvalue weighted by molar-refractivity contribution is 7.75. The fourth-order valence-electron chi connectivity index (χ4n) is 0.342. The zero-order valence-corrected chi connectivity index (χ0v) is 7.77. The Morgan fingerprint density at radius 2 is 1.50 bits per heavy atom. The van der Waals surface area contributed by atoms with Gasteiger partial charge in [-0.05, 0) is 13.8 Å². The van der Waals surface area contributed by atoms with E-state index in [1.165, 1.54) is 13.8 Å².